The van der Waals surface area contributed by atoms with Crippen molar-refractivity contribution in [1.82, 2.24) is 0 Å². The van der Waals surface area contributed by atoms with Gasteiger partial charge in [0.25, 0.3) is 0 Å². The van der Waals surface area contributed by atoms with Crippen molar-refractivity contribution in [2.75, 3.05) is 37.5 Å². The molecule has 0 saturated heterocycles. The number of alkyl halides is 3. The van der Waals surface area contributed by atoms with Crippen LogP contribution in [0.15, 0.2) is 0 Å². The standard InChI is InChI=1S/3C2H5ClO.H3O3P/c3*3-1-2-4;1-4(2)3/h3*4H,1-2H2;1-3H. The Morgan fingerprint density at radius 3 is 0.688 bits per heavy atom. The summed E-state index contributed by atoms with van der Waals surface area (Å²) >= 11 is 14.8. The molecule has 0 spiro atoms. The van der Waals surface area contributed by atoms with Gasteiger partial charge >= 0.3 is 8.60 Å². The summed E-state index contributed by atoms with van der Waals surface area (Å²) < 4.78 is 0. The summed E-state index contributed by atoms with van der Waals surface area (Å²) in [4.78, 5) is 21.7. The van der Waals surface area contributed by atoms with Crippen molar-refractivity contribution in [2.24, 2.45) is 0 Å². The van der Waals surface area contributed by atoms with E-state index in [1.165, 1.54) is 0 Å². The fourth-order valence-electron chi connectivity index (χ4n) is 0. The normalized spacial score (nSPS) is 7.88. The molecule has 0 saturated carbocycles. The molecule has 0 aliphatic rings. The molecule has 0 atom stereocenters. The summed E-state index contributed by atoms with van der Waals surface area (Å²) in [6.07, 6.45) is 0. The maximum atomic E-state index is 7.74. The Bertz CT molecular complexity index is 65.0. The van der Waals surface area contributed by atoms with Gasteiger partial charge < -0.3 is 30.0 Å². The van der Waals surface area contributed by atoms with Crippen molar-refractivity contribution >= 4 is 43.4 Å². The highest BCUT2D eigenvalue weighted by molar-refractivity contribution is 7.38. The van der Waals surface area contributed by atoms with Crippen molar-refractivity contribution in [2.45, 2.75) is 0 Å². The Hall–Kier alpha value is 1.06. The zero-order valence-corrected chi connectivity index (χ0v) is 11.7. The van der Waals surface area contributed by atoms with Crippen LogP contribution in [0.1, 0.15) is 0 Å². The average Bonchev–Trinajstić information content (AvgIpc) is 2.28. The first-order valence-electron chi connectivity index (χ1n) is 3.85. The molecule has 10 heteroatoms. The minimum absolute atomic E-state index is 0.0849. The highest BCUT2D eigenvalue weighted by Crippen LogP contribution is 2.11. The van der Waals surface area contributed by atoms with E-state index in [9.17, 15) is 0 Å². The van der Waals surface area contributed by atoms with Crippen molar-refractivity contribution in [1.29, 1.82) is 0 Å². The first-order chi connectivity index (χ1) is 7.47. The Labute approximate surface area is 111 Å². The van der Waals surface area contributed by atoms with E-state index in [2.05, 4.69) is 0 Å². The van der Waals surface area contributed by atoms with E-state index in [4.69, 9.17) is 64.8 Å². The molecule has 0 bridgehead atoms. The Morgan fingerprint density at radius 2 is 0.688 bits per heavy atom. The number of hydrogen-bond donors (Lipinski definition) is 6. The Kier molecular flexibility index (Phi) is 58.0. The van der Waals surface area contributed by atoms with Crippen LogP contribution in [0.25, 0.3) is 0 Å². The maximum absolute atomic E-state index is 7.74. The fourth-order valence-corrected chi connectivity index (χ4v) is 0. The van der Waals surface area contributed by atoms with Crippen LogP contribution in [0, 0.1) is 0 Å². The van der Waals surface area contributed by atoms with Crippen LogP contribution in [0.2, 0.25) is 0 Å². The Balaban J connectivity index is -0.0000000600. The molecule has 0 fully saturated rings. The second-order valence-corrected chi connectivity index (χ2v) is 3.18. The summed E-state index contributed by atoms with van der Waals surface area (Å²) in [5.41, 5.74) is 0. The van der Waals surface area contributed by atoms with E-state index < -0.39 is 8.60 Å². The van der Waals surface area contributed by atoms with Gasteiger partial charge in [-0.05, 0) is 0 Å². The predicted octanol–water partition coefficient (Wildman–Crippen LogP) is -0.157. The van der Waals surface area contributed by atoms with Gasteiger partial charge in [-0.15, -0.1) is 34.8 Å². The van der Waals surface area contributed by atoms with Crippen LogP contribution in [-0.4, -0.2) is 67.5 Å². The van der Waals surface area contributed by atoms with E-state index in [1.54, 1.807) is 0 Å². The monoisotopic (exact) mass is 322 g/mol. The molecule has 0 radical (unpaired) electrons. The smallest absolute Gasteiger partial charge is 0.324 e. The molecule has 104 valence electrons. The van der Waals surface area contributed by atoms with Crippen LogP contribution in [0.4, 0.5) is 0 Å². The third-order valence-electron chi connectivity index (χ3n) is 0.254. The molecule has 6 nitrogen and oxygen atoms in total. The molecule has 0 aliphatic heterocycles. The lowest BCUT2D eigenvalue weighted by Gasteiger charge is -1.76. The van der Waals surface area contributed by atoms with Gasteiger partial charge in [-0.1, -0.05) is 0 Å². The minimum atomic E-state index is -2.62. The van der Waals surface area contributed by atoms with Gasteiger partial charge in [0.15, 0.2) is 0 Å². The van der Waals surface area contributed by atoms with E-state index in [-0.39, 0.29) is 19.8 Å². The minimum Gasteiger partial charge on any atom is -0.395 e. The second-order valence-electron chi connectivity index (χ2n) is 1.51. The first kappa shape index (κ1) is 25.8. The van der Waals surface area contributed by atoms with Gasteiger partial charge in [0, 0.05) is 17.6 Å². The lowest BCUT2D eigenvalue weighted by molar-refractivity contribution is 0.321. The van der Waals surface area contributed by atoms with Crippen LogP contribution in [0.5, 0.6) is 0 Å². The predicted molar refractivity (Wildman–Crippen MR) is 67.0 cm³/mol. The van der Waals surface area contributed by atoms with Crippen molar-refractivity contribution in [3.63, 3.8) is 0 Å². The van der Waals surface area contributed by atoms with Gasteiger partial charge in [0.1, 0.15) is 0 Å². The van der Waals surface area contributed by atoms with Crippen molar-refractivity contribution in [3.05, 3.63) is 0 Å². The molecular weight excluding hydrogens is 305 g/mol. The van der Waals surface area contributed by atoms with Crippen molar-refractivity contribution < 1.29 is 30.0 Å². The largest absolute Gasteiger partial charge is 0.395 e. The van der Waals surface area contributed by atoms with E-state index >= 15 is 0 Å². The number of halogens is 3. The quantitative estimate of drug-likeness (QED) is 0.317. The molecule has 0 rings (SSSR count). The Morgan fingerprint density at radius 1 is 0.625 bits per heavy atom. The van der Waals surface area contributed by atoms with Gasteiger partial charge in [-0.3, -0.25) is 0 Å². The zero-order chi connectivity index (χ0) is 13.8. The molecule has 0 heterocycles. The molecule has 0 amide bonds. The van der Waals surface area contributed by atoms with Crippen LogP contribution < -0.4 is 0 Å². The second kappa shape index (κ2) is 36.0. The third-order valence-corrected chi connectivity index (χ3v) is 0.761. The molecule has 0 aromatic carbocycles. The molecule has 16 heavy (non-hydrogen) atoms. The summed E-state index contributed by atoms with van der Waals surface area (Å²) in [7, 11) is -2.62. The summed E-state index contributed by atoms with van der Waals surface area (Å²) in [6.45, 7) is 0.255. The number of aliphatic hydroxyl groups is 3. The number of rotatable bonds is 3. The molecule has 0 aromatic rings. The first-order valence-corrected chi connectivity index (χ1v) is 6.65. The number of hydrogen-bond acceptors (Lipinski definition) is 6. The van der Waals surface area contributed by atoms with E-state index in [0.717, 1.165) is 0 Å². The molecular formula is C6H18Cl3O6P. The van der Waals surface area contributed by atoms with Gasteiger partial charge in [0.2, 0.25) is 0 Å². The van der Waals surface area contributed by atoms with Gasteiger partial charge in [-0.2, -0.15) is 0 Å². The summed E-state index contributed by atoms with van der Waals surface area (Å²) in [6, 6.07) is 0. The van der Waals surface area contributed by atoms with Gasteiger partial charge in [-0.25, -0.2) is 0 Å². The maximum Gasteiger partial charge on any atom is 0.324 e. The third kappa shape index (κ3) is 181. The lowest BCUT2D eigenvalue weighted by atomic mass is 10.9. The van der Waals surface area contributed by atoms with Crippen LogP contribution in [-0.2, 0) is 0 Å². The van der Waals surface area contributed by atoms with Crippen LogP contribution in [0.3, 0.4) is 0 Å². The zero-order valence-electron chi connectivity index (χ0n) is 8.51. The van der Waals surface area contributed by atoms with Crippen molar-refractivity contribution in [3.8, 4) is 0 Å². The van der Waals surface area contributed by atoms with E-state index in [1.807, 2.05) is 0 Å². The summed E-state index contributed by atoms with van der Waals surface area (Å²) in [5, 5.41) is 23.2. The summed E-state index contributed by atoms with van der Waals surface area (Å²) in [5.74, 6) is 1.04. The highest BCUT2D eigenvalue weighted by atomic mass is 35.5. The average molecular weight is 324 g/mol. The molecule has 0 aromatic heterocycles. The lowest BCUT2D eigenvalue weighted by Crippen LogP contribution is -1.76. The topological polar surface area (TPSA) is 121 Å². The van der Waals surface area contributed by atoms with Gasteiger partial charge in [0.05, 0.1) is 19.8 Å². The molecule has 0 aliphatic carbocycles. The molecule has 0 unspecified atom stereocenters. The molecule has 6 N–H and O–H groups in total. The highest BCUT2D eigenvalue weighted by Gasteiger charge is 1.76. The number of aliphatic hydroxyl groups excluding tert-OH is 3. The van der Waals surface area contributed by atoms with Crippen LogP contribution >= 0.6 is 43.4 Å². The SMILES string of the molecule is OCCCl.OCCCl.OCCCl.OP(O)O. The fraction of sp³-hybridized carbons (Fsp3) is 1.00. The van der Waals surface area contributed by atoms with E-state index in [0.29, 0.717) is 17.6 Å².